The van der Waals surface area contributed by atoms with Gasteiger partial charge in [-0.15, -0.1) is 0 Å². The first-order valence-electron chi connectivity index (χ1n) is 11.1. The second-order valence-corrected chi connectivity index (χ2v) is 7.80. The number of aromatic carboxylic acids is 1. The standard InChI is InChI=1S/C26H28N2O5/c1-3-20-21(26(29)30)8-4-9-22(20)28(17-18-7-5-13-27-16-18)19-11-12-23(31-2)24(15-19)33-25-10-6-14-32-25/h4-5,7-9,11-13,15-16,25H,3,6,10,14,17H2,1-2H3,(H,29,30)/t25-/m1/s1. The first-order chi connectivity index (χ1) is 16.1. The van der Waals surface area contributed by atoms with Gasteiger partial charge < -0.3 is 24.2 Å². The number of methoxy groups -OCH3 is 1. The molecular weight excluding hydrogens is 420 g/mol. The lowest BCUT2D eigenvalue weighted by Crippen LogP contribution is -2.20. The zero-order chi connectivity index (χ0) is 23.2. The Morgan fingerprint density at radius 1 is 1.21 bits per heavy atom. The second kappa shape index (κ2) is 10.4. The van der Waals surface area contributed by atoms with E-state index in [2.05, 4.69) is 9.88 Å². The second-order valence-electron chi connectivity index (χ2n) is 7.80. The molecule has 0 spiro atoms. The highest BCUT2D eigenvalue weighted by atomic mass is 16.7. The van der Waals surface area contributed by atoms with Gasteiger partial charge >= 0.3 is 5.97 Å². The molecule has 4 rings (SSSR count). The first-order valence-corrected chi connectivity index (χ1v) is 11.1. The van der Waals surface area contributed by atoms with Gasteiger partial charge in [-0.2, -0.15) is 0 Å². The van der Waals surface area contributed by atoms with E-state index >= 15 is 0 Å². The summed E-state index contributed by atoms with van der Waals surface area (Å²) in [5.74, 6) is 0.267. The number of nitrogens with zero attached hydrogens (tertiary/aromatic N) is 2. The number of carboxylic acids is 1. The van der Waals surface area contributed by atoms with E-state index in [1.165, 1.54) is 0 Å². The van der Waals surface area contributed by atoms with Crippen molar-refractivity contribution < 1.29 is 24.1 Å². The molecule has 0 saturated carbocycles. The summed E-state index contributed by atoms with van der Waals surface area (Å²) in [7, 11) is 1.61. The molecule has 0 bridgehead atoms. The van der Waals surface area contributed by atoms with Gasteiger partial charge in [0.25, 0.3) is 0 Å². The van der Waals surface area contributed by atoms with Gasteiger partial charge in [-0.1, -0.05) is 19.1 Å². The van der Waals surface area contributed by atoms with E-state index in [0.29, 0.717) is 36.6 Å². The predicted molar refractivity (Wildman–Crippen MR) is 125 cm³/mol. The smallest absolute Gasteiger partial charge is 0.336 e. The number of pyridine rings is 1. The SMILES string of the molecule is CCc1c(C(=O)O)cccc1N(Cc1cccnc1)c1ccc(OC)c(O[C@@H]2CCCO2)c1. The molecule has 1 aliphatic rings. The Morgan fingerprint density at radius 3 is 2.76 bits per heavy atom. The van der Waals surface area contributed by atoms with Crippen molar-refractivity contribution in [3.05, 3.63) is 77.6 Å². The summed E-state index contributed by atoms with van der Waals surface area (Å²) in [5, 5.41) is 9.76. The molecule has 0 radical (unpaired) electrons. The van der Waals surface area contributed by atoms with Crippen molar-refractivity contribution >= 4 is 17.3 Å². The molecule has 1 saturated heterocycles. The van der Waals surface area contributed by atoms with Crippen LogP contribution in [0.5, 0.6) is 11.5 Å². The summed E-state index contributed by atoms with van der Waals surface area (Å²) < 4.78 is 17.3. The number of aromatic nitrogens is 1. The Labute approximate surface area is 193 Å². The van der Waals surface area contributed by atoms with Gasteiger partial charge in [0.1, 0.15) is 0 Å². The first kappa shape index (κ1) is 22.6. The fraction of sp³-hybridized carbons (Fsp3) is 0.308. The molecule has 172 valence electrons. The summed E-state index contributed by atoms with van der Waals surface area (Å²) in [5.41, 5.74) is 3.75. The summed E-state index contributed by atoms with van der Waals surface area (Å²) in [6.07, 6.45) is 5.61. The summed E-state index contributed by atoms with van der Waals surface area (Å²) >= 11 is 0. The Morgan fingerprint density at radius 2 is 2.09 bits per heavy atom. The minimum atomic E-state index is -0.938. The van der Waals surface area contributed by atoms with Crippen molar-refractivity contribution in [1.29, 1.82) is 0 Å². The van der Waals surface area contributed by atoms with Crippen LogP contribution in [0.3, 0.4) is 0 Å². The van der Waals surface area contributed by atoms with Crippen molar-refractivity contribution in [1.82, 2.24) is 4.98 Å². The summed E-state index contributed by atoms with van der Waals surface area (Å²) in [6, 6.07) is 15.0. The number of carboxylic acid groups (broad SMARTS) is 1. The van der Waals surface area contributed by atoms with Crippen molar-refractivity contribution in [2.24, 2.45) is 0 Å². The third-order valence-electron chi connectivity index (χ3n) is 5.69. The van der Waals surface area contributed by atoms with E-state index in [-0.39, 0.29) is 6.29 Å². The maximum atomic E-state index is 11.9. The largest absolute Gasteiger partial charge is 0.493 e. The van der Waals surface area contributed by atoms with Crippen LogP contribution in [-0.2, 0) is 17.7 Å². The maximum Gasteiger partial charge on any atom is 0.336 e. The molecule has 0 amide bonds. The Hall–Kier alpha value is -3.58. The van der Waals surface area contributed by atoms with Crippen molar-refractivity contribution in [2.75, 3.05) is 18.6 Å². The fourth-order valence-electron chi connectivity index (χ4n) is 4.10. The predicted octanol–water partition coefficient (Wildman–Crippen LogP) is 5.20. The highest BCUT2D eigenvalue weighted by Gasteiger charge is 2.22. The molecule has 7 heteroatoms. The van der Waals surface area contributed by atoms with Crippen molar-refractivity contribution in [3.8, 4) is 11.5 Å². The summed E-state index contributed by atoms with van der Waals surface area (Å²) in [6.45, 7) is 3.16. The lowest BCUT2D eigenvalue weighted by Gasteiger charge is -2.29. The van der Waals surface area contributed by atoms with E-state index in [1.807, 2.05) is 49.5 Å². The van der Waals surface area contributed by atoms with Gasteiger partial charge in [-0.25, -0.2) is 4.79 Å². The van der Waals surface area contributed by atoms with Gasteiger partial charge in [-0.3, -0.25) is 4.98 Å². The van der Waals surface area contributed by atoms with Crippen LogP contribution < -0.4 is 14.4 Å². The molecule has 1 atom stereocenters. The van der Waals surface area contributed by atoms with E-state index in [9.17, 15) is 9.90 Å². The number of rotatable bonds is 9. The third kappa shape index (κ3) is 5.09. The monoisotopic (exact) mass is 448 g/mol. The summed E-state index contributed by atoms with van der Waals surface area (Å²) in [4.78, 5) is 18.2. The van der Waals surface area contributed by atoms with Gasteiger partial charge in [-0.05, 0) is 54.3 Å². The molecule has 3 aromatic rings. The van der Waals surface area contributed by atoms with Crippen LogP contribution in [0.1, 0.15) is 41.3 Å². The normalized spacial score (nSPS) is 15.3. The highest BCUT2D eigenvalue weighted by Crippen LogP contribution is 2.38. The molecular formula is C26H28N2O5. The molecule has 0 aliphatic carbocycles. The Balaban J connectivity index is 1.80. The quantitative estimate of drug-likeness (QED) is 0.482. The number of hydrogen-bond donors (Lipinski definition) is 1. The molecule has 2 heterocycles. The van der Waals surface area contributed by atoms with Crippen LogP contribution >= 0.6 is 0 Å². The lowest BCUT2D eigenvalue weighted by molar-refractivity contribution is -0.0402. The molecule has 0 unspecified atom stereocenters. The highest BCUT2D eigenvalue weighted by molar-refractivity contribution is 5.92. The van der Waals surface area contributed by atoms with E-state index in [4.69, 9.17) is 14.2 Å². The number of benzene rings is 2. The number of ether oxygens (including phenoxy) is 3. The van der Waals surface area contributed by atoms with E-state index in [0.717, 1.165) is 35.3 Å². The van der Waals surface area contributed by atoms with Crippen molar-refractivity contribution in [2.45, 2.75) is 39.0 Å². The maximum absolute atomic E-state index is 11.9. The topological polar surface area (TPSA) is 81.1 Å². The molecule has 1 fully saturated rings. The molecule has 7 nitrogen and oxygen atoms in total. The molecule has 2 aromatic carbocycles. The van der Waals surface area contributed by atoms with Gasteiger partial charge in [0, 0.05) is 42.8 Å². The van der Waals surface area contributed by atoms with Crippen LogP contribution in [-0.4, -0.2) is 36.1 Å². The minimum Gasteiger partial charge on any atom is -0.493 e. The Bertz CT molecular complexity index is 1100. The number of hydrogen-bond acceptors (Lipinski definition) is 6. The molecule has 1 aliphatic heterocycles. The van der Waals surface area contributed by atoms with Gasteiger partial charge in [0.2, 0.25) is 0 Å². The third-order valence-corrected chi connectivity index (χ3v) is 5.69. The van der Waals surface area contributed by atoms with Crippen LogP contribution in [0, 0.1) is 0 Å². The van der Waals surface area contributed by atoms with Crippen LogP contribution in [0.15, 0.2) is 60.9 Å². The lowest BCUT2D eigenvalue weighted by atomic mass is 10.0. The van der Waals surface area contributed by atoms with E-state index < -0.39 is 5.97 Å². The fourth-order valence-corrected chi connectivity index (χ4v) is 4.10. The Kier molecular flexibility index (Phi) is 7.10. The molecule has 1 N–H and O–H groups in total. The van der Waals surface area contributed by atoms with Crippen LogP contribution in [0.25, 0.3) is 0 Å². The average Bonchev–Trinajstić information content (AvgIpc) is 3.35. The van der Waals surface area contributed by atoms with Gasteiger partial charge in [0.15, 0.2) is 17.8 Å². The van der Waals surface area contributed by atoms with Crippen LogP contribution in [0.4, 0.5) is 11.4 Å². The molecule has 33 heavy (non-hydrogen) atoms. The molecule has 1 aromatic heterocycles. The minimum absolute atomic E-state index is 0.301. The zero-order valence-electron chi connectivity index (χ0n) is 18.9. The number of anilines is 2. The number of carbonyl (C=O) groups is 1. The van der Waals surface area contributed by atoms with Crippen LogP contribution in [0.2, 0.25) is 0 Å². The van der Waals surface area contributed by atoms with Gasteiger partial charge in [0.05, 0.1) is 19.3 Å². The zero-order valence-corrected chi connectivity index (χ0v) is 18.9. The average molecular weight is 449 g/mol. The van der Waals surface area contributed by atoms with E-state index in [1.54, 1.807) is 25.4 Å². The van der Waals surface area contributed by atoms with Crippen molar-refractivity contribution in [3.63, 3.8) is 0 Å².